The summed E-state index contributed by atoms with van der Waals surface area (Å²) in [4.78, 5) is 14.0. The topological polar surface area (TPSA) is 56.1 Å². The first-order valence-corrected chi connectivity index (χ1v) is 9.88. The van der Waals surface area contributed by atoms with E-state index in [0.29, 0.717) is 23.9 Å². The molecule has 1 N–H and O–H groups in total. The second kappa shape index (κ2) is 7.23. The predicted molar refractivity (Wildman–Crippen MR) is 89.3 cm³/mol. The van der Waals surface area contributed by atoms with Gasteiger partial charge < -0.3 is 10.2 Å². The van der Waals surface area contributed by atoms with Gasteiger partial charge in [0.1, 0.15) is 6.04 Å². The highest BCUT2D eigenvalue weighted by molar-refractivity contribution is 7.99. The molecule has 3 aliphatic rings. The van der Waals surface area contributed by atoms with Crippen LogP contribution in [0.1, 0.15) is 57.8 Å². The average molecular weight is 321 g/mol. The average Bonchev–Trinajstić information content (AvgIpc) is 3.04. The van der Waals surface area contributed by atoms with Gasteiger partial charge in [0.25, 0.3) is 0 Å². The second-order valence-corrected chi connectivity index (χ2v) is 8.22. The number of hydrogen-bond acceptors (Lipinski definition) is 4. The van der Waals surface area contributed by atoms with E-state index in [0.717, 1.165) is 5.75 Å². The van der Waals surface area contributed by atoms with Gasteiger partial charge in [-0.25, -0.2) is 0 Å². The van der Waals surface area contributed by atoms with Crippen LogP contribution in [-0.4, -0.2) is 41.1 Å². The van der Waals surface area contributed by atoms with Crippen molar-refractivity contribution in [2.45, 2.75) is 69.9 Å². The molecule has 122 valence electrons. The van der Waals surface area contributed by atoms with Crippen molar-refractivity contribution in [3.63, 3.8) is 0 Å². The van der Waals surface area contributed by atoms with Gasteiger partial charge in [0, 0.05) is 11.8 Å². The summed E-state index contributed by atoms with van der Waals surface area (Å²) in [6, 6.07) is 2.50. The molecular weight excluding hydrogens is 294 g/mol. The van der Waals surface area contributed by atoms with Crippen LogP contribution in [0.3, 0.4) is 0 Å². The Balaban J connectivity index is 1.41. The molecule has 0 aromatic heterocycles. The highest BCUT2D eigenvalue weighted by atomic mass is 32.2. The van der Waals surface area contributed by atoms with Crippen LogP contribution in [0.4, 0.5) is 0 Å². The van der Waals surface area contributed by atoms with E-state index in [2.05, 4.69) is 11.4 Å². The molecule has 2 aliphatic carbocycles. The molecule has 0 aromatic carbocycles. The number of nitrogens with zero attached hydrogens (tertiary/aromatic N) is 2. The van der Waals surface area contributed by atoms with E-state index in [1.165, 1.54) is 57.8 Å². The molecule has 1 amide bonds. The van der Waals surface area contributed by atoms with Crippen LogP contribution in [-0.2, 0) is 4.79 Å². The lowest BCUT2D eigenvalue weighted by molar-refractivity contribution is -0.130. The first-order chi connectivity index (χ1) is 10.7. The molecule has 1 spiro atoms. The maximum atomic E-state index is 12.3. The lowest BCUT2D eigenvalue weighted by atomic mass is 9.64. The van der Waals surface area contributed by atoms with Crippen molar-refractivity contribution in [1.82, 2.24) is 10.2 Å². The third-order valence-corrected chi connectivity index (χ3v) is 6.87. The first kappa shape index (κ1) is 16.1. The van der Waals surface area contributed by atoms with Gasteiger partial charge in [-0.15, -0.1) is 11.8 Å². The van der Waals surface area contributed by atoms with Gasteiger partial charge in [-0.2, -0.15) is 5.26 Å². The Morgan fingerprint density at radius 3 is 2.64 bits per heavy atom. The first-order valence-electron chi connectivity index (χ1n) is 8.73. The van der Waals surface area contributed by atoms with E-state index in [1.54, 1.807) is 16.7 Å². The minimum absolute atomic E-state index is 0.0921. The van der Waals surface area contributed by atoms with Crippen molar-refractivity contribution in [2.75, 3.05) is 18.2 Å². The fraction of sp³-hybridized carbons (Fsp3) is 0.882. The van der Waals surface area contributed by atoms with Gasteiger partial charge in [-0.3, -0.25) is 4.79 Å². The Hall–Kier alpha value is -0.730. The Bertz CT molecular complexity index is 432. The van der Waals surface area contributed by atoms with Gasteiger partial charge in [-0.1, -0.05) is 19.3 Å². The standard InChI is InChI=1S/C17H27N3OS/c18-10-15-12-22-13-20(15)16(21)11-19-14-4-8-17(9-5-14)6-2-1-3-7-17/h14-15,19H,1-9,11-13H2/t15-/m1/s1. The van der Waals surface area contributed by atoms with E-state index in [4.69, 9.17) is 5.26 Å². The van der Waals surface area contributed by atoms with Gasteiger partial charge in [0.2, 0.25) is 5.91 Å². The van der Waals surface area contributed by atoms with Crippen molar-refractivity contribution < 1.29 is 4.79 Å². The van der Waals surface area contributed by atoms with E-state index >= 15 is 0 Å². The number of hydrogen-bond donors (Lipinski definition) is 1. The Kier molecular flexibility index (Phi) is 5.30. The van der Waals surface area contributed by atoms with Gasteiger partial charge in [-0.05, 0) is 43.9 Å². The minimum Gasteiger partial charge on any atom is -0.315 e. The normalized spacial score (nSPS) is 28.7. The van der Waals surface area contributed by atoms with Crippen molar-refractivity contribution in [2.24, 2.45) is 5.41 Å². The maximum Gasteiger partial charge on any atom is 0.238 e. The fourth-order valence-corrected chi connectivity index (χ4v) is 5.47. The number of nitrogens with one attached hydrogen (secondary N) is 1. The van der Waals surface area contributed by atoms with Crippen LogP contribution in [0.15, 0.2) is 0 Å². The monoisotopic (exact) mass is 321 g/mol. The lowest BCUT2D eigenvalue weighted by Crippen LogP contribution is -2.45. The van der Waals surface area contributed by atoms with Crippen LogP contribution in [0.25, 0.3) is 0 Å². The number of thioether (sulfide) groups is 1. The maximum absolute atomic E-state index is 12.3. The number of nitriles is 1. The molecule has 3 fully saturated rings. The predicted octanol–water partition coefficient (Wildman–Crippen LogP) is 2.89. The van der Waals surface area contributed by atoms with Crippen LogP contribution < -0.4 is 5.32 Å². The third-order valence-electron chi connectivity index (χ3n) is 5.85. The summed E-state index contributed by atoms with van der Waals surface area (Å²) in [7, 11) is 0. The van der Waals surface area contributed by atoms with Crippen molar-refractivity contribution in [3.05, 3.63) is 0 Å². The van der Waals surface area contributed by atoms with E-state index in [1.807, 2.05) is 0 Å². The van der Waals surface area contributed by atoms with Crippen LogP contribution >= 0.6 is 11.8 Å². The highest BCUT2D eigenvalue weighted by Crippen LogP contribution is 2.47. The molecule has 1 heterocycles. The Labute approximate surface area is 138 Å². The van der Waals surface area contributed by atoms with Crippen molar-refractivity contribution in [1.29, 1.82) is 5.26 Å². The summed E-state index contributed by atoms with van der Waals surface area (Å²) >= 11 is 1.67. The van der Waals surface area contributed by atoms with Gasteiger partial charge >= 0.3 is 0 Å². The lowest BCUT2D eigenvalue weighted by Gasteiger charge is -2.43. The zero-order valence-electron chi connectivity index (χ0n) is 13.4. The molecule has 0 radical (unpaired) electrons. The molecule has 2 saturated carbocycles. The van der Waals surface area contributed by atoms with E-state index in [9.17, 15) is 4.79 Å². The molecule has 0 unspecified atom stereocenters. The largest absolute Gasteiger partial charge is 0.315 e. The molecule has 1 atom stereocenters. The molecule has 0 aromatic rings. The fourth-order valence-electron chi connectivity index (χ4n) is 4.36. The zero-order valence-corrected chi connectivity index (χ0v) is 14.2. The summed E-state index contributed by atoms with van der Waals surface area (Å²) in [6.45, 7) is 0.399. The van der Waals surface area contributed by atoms with E-state index < -0.39 is 0 Å². The summed E-state index contributed by atoms with van der Waals surface area (Å²) in [5.74, 6) is 1.52. The van der Waals surface area contributed by atoms with Gasteiger partial charge in [0.05, 0.1) is 18.5 Å². The second-order valence-electron chi connectivity index (χ2n) is 7.22. The van der Waals surface area contributed by atoms with Crippen molar-refractivity contribution >= 4 is 17.7 Å². The number of carbonyl (C=O) groups excluding carboxylic acids is 1. The molecule has 5 heteroatoms. The number of carbonyl (C=O) groups is 1. The molecule has 3 rings (SSSR count). The number of amides is 1. The highest BCUT2D eigenvalue weighted by Gasteiger charge is 2.36. The molecule has 22 heavy (non-hydrogen) atoms. The molecule has 1 aliphatic heterocycles. The van der Waals surface area contributed by atoms with Crippen LogP contribution in [0, 0.1) is 16.7 Å². The van der Waals surface area contributed by atoms with Gasteiger partial charge in [0.15, 0.2) is 0 Å². The van der Waals surface area contributed by atoms with Crippen molar-refractivity contribution in [3.8, 4) is 6.07 Å². The smallest absolute Gasteiger partial charge is 0.238 e. The zero-order chi connectivity index (χ0) is 15.4. The van der Waals surface area contributed by atoms with Crippen LogP contribution in [0.5, 0.6) is 0 Å². The minimum atomic E-state index is -0.226. The quantitative estimate of drug-likeness (QED) is 0.868. The Morgan fingerprint density at radius 2 is 1.95 bits per heavy atom. The summed E-state index contributed by atoms with van der Waals surface area (Å²) < 4.78 is 0. The summed E-state index contributed by atoms with van der Waals surface area (Å²) in [5, 5.41) is 12.5. The molecule has 1 saturated heterocycles. The molecular formula is C17H27N3OS. The summed E-state index contributed by atoms with van der Waals surface area (Å²) in [6.07, 6.45) is 12.2. The molecule has 0 bridgehead atoms. The van der Waals surface area contributed by atoms with Crippen LogP contribution in [0.2, 0.25) is 0 Å². The molecule has 4 nitrogen and oxygen atoms in total. The Morgan fingerprint density at radius 1 is 1.23 bits per heavy atom. The van der Waals surface area contributed by atoms with E-state index in [-0.39, 0.29) is 11.9 Å². The third kappa shape index (κ3) is 3.60. The summed E-state index contributed by atoms with van der Waals surface area (Å²) in [5.41, 5.74) is 0.637. The SMILES string of the molecule is N#C[C@@H]1CSCN1C(=O)CNC1CCC2(CCCCC2)CC1. The number of rotatable bonds is 3.